The lowest BCUT2D eigenvalue weighted by Crippen LogP contribution is -2.40. The van der Waals surface area contributed by atoms with E-state index in [0.29, 0.717) is 6.04 Å². The highest BCUT2D eigenvalue weighted by molar-refractivity contribution is 5.80. The molecular formula is C20H23N7O. The Bertz CT molecular complexity index is 889. The standard InChI is InChI=1S/C20H23N7O/c28-20(13-24-17-2-1-7-21-11-17)26-16-3-5-18(6-4-16)27-14-15(10-25-27)19-12-22-8-9-23-19/h1-2,7-12,14,16,18,24H,3-6,13H2,(H,26,28). The first-order valence-electron chi connectivity index (χ1n) is 9.52. The third-order valence-corrected chi connectivity index (χ3v) is 5.01. The molecule has 1 aliphatic rings. The number of nitrogens with zero attached hydrogens (tertiary/aromatic N) is 5. The van der Waals surface area contributed by atoms with Gasteiger partial charge in [-0.05, 0) is 37.8 Å². The molecule has 4 rings (SSSR count). The SMILES string of the molecule is O=C(CNc1cccnc1)NC1CCC(n2cc(-c3cnccn3)cn2)CC1. The van der Waals surface area contributed by atoms with Crippen LogP contribution in [0.5, 0.6) is 0 Å². The van der Waals surface area contributed by atoms with E-state index in [2.05, 4.69) is 30.7 Å². The lowest BCUT2D eigenvalue weighted by molar-refractivity contribution is -0.120. The fourth-order valence-electron chi connectivity index (χ4n) is 3.53. The van der Waals surface area contributed by atoms with E-state index < -0.39 is 0 Å². The normalized spacial score (nSPS) is 19.1. The van der Waals surface area contributed by atoms with Gasteiger partial charge in [-0.25, -0.2) is 0 Å². The van der Waals surface area contributed by atoms with Crippen molar-refractivity contribution in [1.29, 1.82) is 0 Å². The Hall–Kier alpha value is -3.29. The summed E-state index contributed by atoms with van der Waals surface area (Å²) in [5.41, 5.74) is 2.65. The first kappa shape index (κ1) is 18.1. The first-order chi connectivity index (χ1) is 13.8. The van der Waals surface area contributed by atoms with E-state index in [4.69, 9.17) is 0 Å². The van der Waals surface area contributed by atoms with Gasteiger partial charge in [-0.15, -0.1) is 0 Å². The molecule has 0 spiro atoms. The zero-order chi connectivity index (χ0) is 19.2. The average Bonchev–Trinajstić information content (AvgIpc) is 3.25. The molecule has 0 unspecified atom stereocenters. The van der Waals surface area contributed by atoms with E-state index in [9.17, 15) is 4.79 Å². The van der Waals surface area contributed by atoms with Crippen LogP contribution in [0.2, 0.25) is 0 Å². The van der Waals surface area contributed by atoms with Gasteiger partial charge >= 0.3 is 0 Å². The first-order valence-corrected chi connectivity index (χ1v) is 9.52. The van der Waals surface area contributed by atoms with Crippen molar-refractivity contribution in [3.63, 3.8) is 0 Å². The van der Waals surface area contributed by atoms with Crippen molar-refractivity contribution in [2.24, 2.45) is 0 Å². The van der Waals surface area contributed by atoms with Crippen molar-refractivity contribution < 1.29 is 4.79 Å². The molecule has 1 aliphatic carbocycles. The number of hydrogen-bond donors (Lipinski definition) is 2. The van der Waals surface area contributed by atoms with Crippen LogP contribution in [0.15, 0.2) is 55.5 Å². The number of hydrogen-bond acceptors (Lipinski definition) is 6. The highest BCUT2D eigenvalue weighted by Crippen LogP contribution is 2.29. The predicted octanol–water partition coefficient (Wildman–Crippen LogP) is 2.45. The molecule has 0 bridgehead atoms. The third kappa shape index (κ3) is 4.51. The van der Waals surface area contributed by atoms with Gasteiger partial charge in [0.2, 0.25) is 5.91 Å². The summed E-state index contributed by atoms with van der Waals surface area (Å²) in [6.07, 6.45) is 16.2. The number of pyridine rings is 1. The molecule has 28 heavy (non-hydrogen) atoms. The lowest BCUT2D eigenvalue weighted by Gasteiger charge is -2.29. The van der Waals surface area contributed by atoms with Crippen molar-refractivity contribution >= 4 is 11.6 Å². The summed E-state index contributed by atoms with van der Waals surface area (Å²) in [4.78, 5) is 24.6. The van der Waals surface area contributed by atoms with Crippen LogP contribution in [-0.4, -0.2) is 43.2 Å². The summed E-state index contributed by atoms with van der Waals surface area (Å²) >= 11 is 0. The molecule has 1 fully saturated rings. The quantitative estimate of drug-likeness (QED) is 0.685. The zero-order valence-electron chi connectivity index (χ0n) is 15.5. The van der Waals surface area contributed by atoms with Crippen LogP contribution in [0.4, 0.5) is 5.69 Å². The molecule has 0 aromatic carbocycles. The Morgan fingerprint density at radius 1 is 1.07 bits per heavy atom. The average molecular weight is 377 g/mol. The second-order valence-corrected chi connectivity index (χ2v) is 6.97. The van der Waals surface area contributed by atoms with E-state index in [1.807, 2.05) is 29.2 Å². The molecule has 144 valence electrons. The second kappa shape index (κ2) is 8.60. The number of anilines is 1. The van der Waals surface area contributed by atoms with Gasteiger partial charge in [0.15, 0.2) is 0 Å². The molecule has 3 heterocycles. The molecule has 8 nitrogen and oxygen atoms in total. The largest absolute Gasteiger partial charge is 0.375 e. The summed E-state index contributed by atoms with van der Waals surface area (Å²) in [5, 5.41) is 10.7. The van der Waals surface area contributed by atoms with Gasteiger partial charge in [-0.2, -0.15) is 5.10 Å². The molecule has 0 aliphatic heterocycles. The Kier molecular flexibility index (Phi) is 5.56. The van der Waals surface area contributed by atoms with Gasteiger partial charge in [-0.1, -0.05) is 0 Å². The number of rotatable bonds is 6. The number of nitrogens with one attached hydrogen (secondary N) is 2. The van der Waals surface area contributed by atoms with Crippen LogP contribution in [0, 0.1) is 0 Å². The molecule has 1 amide bonds. The van der Waals surface area contributed by atoms with Crippen LogP contribution in [0.3, 0.4) is 0 Å². The van der Waals surface area contributed by atoms with E-state index in [1.54, 1.807) is 31.0 Å². The van der Waals surface area contributed by atoms with Crippen molar-refractivity contribution in [3.05, 3.63) is 55.5 Å². The highest BCUT2D eigenvalue weighted by Gasteiger charge is 2.24. The zero-order valence-corrected chi connectivity index (χ0v) is 15.5. The Morgan fingerprint density at radius 2 is 1.93 bits per heavy atom. The van der Waals surface area contributed by atoms with E-state index in [-0.39, 0.29) is 18.5 Å². The Balaban J connectivity index is 1.24. The van der Waals surface area contributed by atoms with Crippen molar-refractivity contribution in [1.82, 2.24) is 30.0 Å². The summed E-state index contributed by atoms with van der Waals surface area (Å²) in [6, 6.07) is 4.30. The fourth-order valence-corrected chi connectivity index (χ4v) is 3.53. The molecule has 2 N–H and O–H groups in total. The molecule has 3 aromatic heterocycles. The fraction of sp³-hybridized carbons (Fsp3) is 0.350. The second-order valence-electron chi connectivity index (χ2n) is 6.97. The van der Waals surface area contributed by atoms with Crippen LogP contribution < -0.4 is 10.6 Å². The third-order valence-electron chi connectivity index (χ3n) is 5.01. The maximum atomic E-state index is 12.2. The molecule has 0 saturated heterocycles. The van der Waals surface area contributed by atoms with E-state index >= 15 is 0 Å². The minimum Gasteiger partial charge on any atom is -0.375 e. The number of aromatic nitrogens is 5. The molecule has 1 saturated carbocycles. The minimum absolute atomic E-state index is 0.0105. The maximum absolute atomic E-state index is 12.2. The Morgan fingerprint density at radius 3 is 2.68 bits per heavy atom. The summed E-state index contributed by atoms with van der Waals surface area (Å²) < 4.78 is 2.02. The molecule has 0 radical (unpaired) electrons. The summed E-state index contributed by atoms with van der Waals surface area (Å²) in [7, 11) is 0. The highest BCUT2D eigenvalue weighted by atomic mass is 16.1. The smallest absolute Gasteiger partial charge is 0.239 e. The van der Waals surface area contributed by atoms with E-state index in [1.165, 1.54) is 0 Å². The van der Waals surface area contributed by atoms with Gasteiger partial charge < -0.3 is 10.6 Å². The Labute approximate surface area is 163 Å². The van der Waals surface area contributed by atoms with Crippen molar-refractivity contribution in [2.45, 2.75) is 37.8 Å². The monoisotopic (exact) mass is 377 g/mol. The number of carbonyl (C=O) groups excluding carboxylic acids is 1. The van der Waals surface area contributed by atoms with Crippen LogP contribution in [0.25, 0.3) is 11.3 Å². The van der Waals surface area contributed by atoms with Gasteiger partial charge in [0.1, 0.15) is 0 Å². The maximum Gasteiger partial charge on any atom is 0.239 e. The van der Waals surface area contributed by atoms with Crippen LogP contribution >= 0.6 is 0 Å². The molecule has 0 atom stereocenters. The van der Waals surface area contributed by atoms with E-state index in [0.717, 1.165) is 42.6 Å². The molecule has 3 aromatic rings. The van der Waals surface area contributed by atoms with Gasteiger partial charge in [0.25, 0.3) is 0 Å². The minimum atomic E-state index is 0.0105. The van der Waals surface area contributed by atoms with Crippen molar-refractivity contribution in [2.75, 3.05) is 11.9 Å². The van der Waals surface area contributed by atoms with Crippen LogP contribution in [0.1, 0.15) is 31.7 Å². The lowest BCUT2D eigenvalue weighted by atomic mass is 9.91. The predicted molar refractivity (Wildman–Crippen MR) is 105 cm³/mol. The summed E-state index contributed by atoms with van der Waals surface area (Å²) in [6.45, 7) is 0.256. The van der Waals surface area contributed by atoms with Gasteiger partial charge in [0.05, 0.1) is 36.4 Å². The molecular weight excluding hydrogens is 354 g/mol. The summed E-state index contributed by atoms with van der Waals surface area (Å²) in [5.74, 6) is 0.0105. The molecule has 8 heteroatoms. The van der Waals surface area contributed by atoms with Gasteiger partial charge in [0, 0.05) is 42.6 Å². The topological polar surface area (TPSA) is 97.6 Å². The van der Waals surface area contributed by atoms with Crippen molar-refractivity contribution in [3.8, 4) is 11.3 Å². The number of carbonyl (C=O) groups is 1. The van der Waals surface area contributed by atoms with Crippen LogP contribution in [-0.2, 0) is 4.79 Å². The van der Waals surface area contributed by atoms with Gasteiger partial charge in [-0.3, -0.25) is 24.4 Å². The number of amides is 1.